The summed E-state index contributed by atoms with van der Waals surface area (Å²) in [5.74, 6) is 3.69. The third-order valence-corrected chi connectivity index (χ3v) is 2.76. The van der Waals surface area contributed by atoms with Crippen LogP contribution in [-0.2, 0) is 11.3 Å². The summed E-state index contributed by atoms with van der Waals surface area (Å²) in [6.45, 7) is 6.11. The Morgan fingerprint density at radius 2 is 2.04 bits per heavy atom. The van der Waals surface area contributed by atoms with Gasteiger partial charge in [0.25, 0.3) is 5.91 Å². The molecule has 0 saturated heterocycles. The second-order valence-electron chi connectivity index (χ2n) is 4.64. The summed E-state index contributed by atoms with van der Waals surface area (Å²) in [7, 11) is 0. The van der Waals surface area contributed by atoms with E-state index in [9.17, 15) is 4.79 Å². The zero-order valence-electron chi connectivity index (χ0n) is 13.7. The number of hydrogen-bond acceptors (Lipinski definition) is 3. The number of terminal acetylenes is 1. The van der Waals surface area contributed by atoms with E-state index in [0.717, 1.165) is 12.1 Å². The van der Waals surface area contributed by atoms with Gasteiger partial charge in [0.05, 0.1) is 13.1 Å². The van der Waals surface area contributed by atoms with Crippen LogP contribution in [0.1, 0.15) is 19.4 Å². The number of nitrogens with zero attached hydrogens (tertiary/aromatic N) is 1. The highest BCUT2D eigenvalue weighted by molar-refractivity contribution is 5.80. The predicted octanol–water partition coefficient (Wildman–Crippen LogP) is 0.890. The second-order valence-corrected chi connectivity index (χ2v) is 4.64. The Kier molecular flexibility index (Phi) is 8.76. The molecule has 0 aromatic heterocycles. The molecule has 0 aliphatic heterocycles. The molecule has 1 amide bonds. The molecule has 0 unspecified atom stereocenters. The van der Waals surface area contributed by atoms with Gasteiger partial charge in [-0.3, -0.25) is 4.79 Å². The van der Waals surface area contributed by atoms with Crippen molar-refractivity contribution in [3.8, 4) is 18.1 Å². The average Bonchev–Trinajstić information content (AvgIpc) is 2.56. The number of guanidine groups is 1. The topological polar surface area (TPSA) is 74.8 Å². The SMILES string of the molecule is C#CCNC(=NCc1cccc(OCC(=O)NCC)c1)NCC. The van der Waals surface area contributed by atoms with E-state index >= 15 is 0 Å². The summed E-state index contributed by atoms with van der Waals surface area (Å²) in [6, 6.07) is 7.51. The lowest BCUT2D eigenvalue weighted by Crippen LogP contribution is -2.37. The van der Waals surface area contributed by atoms with Crippen molar-refractivity contribution in [1.29, 1.82) is 0 Å². The van der Waals surface area contributed by atoms with Crippen LogP contribution in [0.3, 0.4) is 0 Å². The van der Waals surface area contributed by atoms with Crippen LogP contribution < -0.4 is 20.7 Å². The fourth-order valence-corrected chi connectivity index (χ4v) is 1.78. The zero-order chi connectivity index (χ0) is 16.9. The fourth-order valence-electron chi connectivity index (χ4n) is 1.78. The van der Waals surface area contributed by atoms with Crippen LogP contribution in [-0.4, -0.2) is 38.1 Å². The Morgan fingerprint density at radius 3 is 2.74 bits per heavy atom. The number of likely N-dealkylation sites (N-methyl/N-ethyl adjacent to an activating group) is 1. The smallest absolute Gasteiger partial charge is 0.257 e. The molecule has 0 atom stereocenters. The van der Waals surface area contributed by atoms with Crippen LogP contribution in [0.25, 0.3) is 0 Å². The fraction of sp³-hybridized carbons (Fsp3) is 0.412. The van der Waals surface area contributed by atoms with E-state index in [1.54, 1.807) is 0 Å². The molecule has 6 heteroatoms. The first-order chi connectivity index (χ1) is 11.2. The molecular weight excluding hydrogens is 292 g/mol. The second kappa shape index (κ2) is 11.0. The quantitative estimate of drug-likeness (QED) is 0.378. The highest BCUT2D eigenvalue weighted by atomic mass is 16.5. The average molecular weight is 316 g/mol. The maximum absolute atomic E-state index is 11.4. The molecule has 0 heterocycles. The molecule has 0 radical (unpaired) electrons. The number of rotatable bonds is 8. The normalized spacial score (nSPS) is 10.6. The molecule has 0 aliphatic carbocycles. The van der Waals surface area contributed by atoms with Gasteiger partial charge in [0, 0.05) is 13.1 Å². The first kappa shape index (κ1) is 18.4. The summed E-state index contributed by atoms with van der Waals surface area (Å²) < 4.78 is 5.46. The van der Waals surface area contributed by atoms with E-state index in [-0.39, 0.29) is 12.5 Å². The third-order valence-electron chi connectivity index (χ3n) is 2.76. The summed E-state index contributed by atoms with van der Waals surface area (Å²) >= 11 is 0. The van der Waals surface area contributed by atoms with Crippen LogP contribution in [0, 0.1) is 12.3 Å². The van der Waals surface area contributed by atoms with Crippen molar-refractivity contribution < 1.29 is 9.53 Å². The minimum Gasteiger partial charge on any atom is -0.484 e. The number of carbonyl (C=O) groups is 1. The number of carbonyl (C=O) groups excluding carboxylic acids is 1. The van der Waals surface area contributed by atoms with E-state index in [4.69, 9.17) is 11.2 Å². The van der Waals surface area contributed by atoms with Crippen molar-refractivity contribution in [3.63, 3.8) is 0 Å². The number of amides is 1. The Morgan fingerprint density at radius 1 is 1.26 bits per heavy atom. The summed E-state index contributed by atoms with van der Waals surface area (Å²) in [5.41, 5.74) is 0.983. The van der Waals surface area contributed by atoms with E-state index in [1.165, 1.54) is 0 Å². The van der Waals surface area contributed by atoms with Crippen molar-refractivity contribution >= 4 is 11.9 Å². The highest BCUT2D eigenvalue weighted by Gasteiger charge is 2.02. The first-order valence-corrected chi connectivity index (χ1v) is 7.63. The predicted molar refractivity (Wildman–Crippen MR) is 92.3 cm³/mol. The van der Waals surface area contributed by atoms with E-state index in [2.05, 4.69) is 26.9 Å². The van der Waals surface area contributed by atoms with Crippen LogP contribution in [0.15, 0.2) is 29.3 Å². The largest absolute Gasteiger partial charge is 0.484 e. The van der Waals surface area contributed by atoms with Gasteiger partial charge in [-0.05, 0) is 31.5 Å². The molecule has 0 saturated carbocycles. The first-order valence-electron chi connectivity index (χ1n) is 7.63. The van der Waals surface area contributed by atoms with E-state index in [1.807, 2.05) is 38.1 Å². The van der Waals surface area contributed by atoms with Gasteiger partial charge in [-0.25, -0.2) is 4.99 Å². The number of aliphatic imine (C=N–C) groups is 1. The molecule has 1 rings (SSSR count). The lowest BCUT2D eigenvalue weighted by Gasteiger charge is -2.10. The number of hydrogen-bond donors (Lipinski definition) is 3. The number of benzene rings is 1. The van der Waals surface area contributed by atoms with Crippen molar-refractivity contribution in [2.45, 2.75) is 20.4 Å². The lowest BCUT2D eigenvalue weighted by atomic mass is 10.2. The highest BCUT2D eigenvalue weighted by Crippen LogP contribution is 2.14. The van der Waals surface area contributed by atoms with Gasteiger partial charge in [-0.1, -0.05) is 18.1 Å². The van der Waals surface area contributed by atoms with Crippen LogP contribution in [0.5, 0.6) is 5.75 Å². The van der Waals surface area contributed by atoms with Gasteiger partial charge in [0.1, 0.15) is 5.75 Å². The van der Waals surface area contributed by atoms with E-state index in [0.29, 0.717) is 31.3 Å². The van der Waals surface area contributed by atoms with Crippen molar-refractivity contribution in [3.05, 3.63) is 29.8 Å². The minimum atomic E-state index is -0.135. The monoisotopic (exact) mass is 316 g/mol. The van der Waals surface area contributed by atoms with Gasteiger partial charge in [-0.15, -0.1) is 6.42 Å². The summed E-state index contributed by atoms with van der Waals surface area (Å²) in [6.07, 6.45) is 5.23. The number of ether oxygens (including phenoxy) is 1. The van der Waals surface area contributed by atoms with Gasteiger partial charge in [0.2, 0.25) is 0 Å². The molecule has 1 aromatic carbocycles. The van der Waals surface area contributed by atoms with Crippen molar-refractivity contribution in [2.75, 3.05) is 26.2 Å². The third kappa shape index (κ3) is 7.77. The molecule has 6 nitrogen and oxygen atoms in total. The Bertz CT molecular complexity index is 564. The van der Waals surface area contributed by atoms with Gasteiger partial charge in [0.15, 0.2) is 12.6 Å². The lowest BCUT2D eigenvalue weighted by molar-refractivity contribution is -0.122. The van der Waals surface area contributed by atoms with Crippen LogP contribution in [0.4, 0.5) is 0 Å². The number of nitrogens with one attached hydrogen (secondary N) is 3. The summed E-state index contributed by atoms with van der Waals surface area (Å²) in [5, 5.41) is 8.83. The molecule has 0 spiro atoms. The molecule has 1 aromatic rings. The Balaban J connectivity index is 2.61. The molecule has 23 heavy (non-hydrogen) atoms. The van der Waals surface area contributed by atoms with Gasteiger partial charge >= 0.3 is 0 Å². The zero-order valence-corrected chi connectivity index (χ0v) is 13.7. The molecule has 124 valence electrons. The van der Waals surface area contributed by atoms with Crippen LogP contribution in [0.2, 0.25) is 0 Å². The Labute approximate surface area is 137 Å². The maximum Gasteiger partial charge on any atom is 0.257 e. The van der Waals surface area contributed by atoms with Gasteiger partial charge in [-0.2, -0.15) is 0 Å². The molecule has 3 N–H and O–H groups in total. The molecular formula is C17H24N4O2. The molecule has 0 aliphatic rings. The van der Waals surface area contributed by atoms with Gasteiger partial charge < -0.3 is 20.7 Å². The molecule has 0 bridgehead atoms. The summed E-state index contributed by atoms with van der Waals surface area (Å²) in [4.78, 5) is 15.8. The van der Waals surface area contributed by atoms with Crippen molar-refractivity contribution in [1.82, 2.24) is 16.0 Å². The van der Waals surface area contributed by atoms with Crippen LogP contribution >= 0.6 is 0 Å². The minimum absolute atomic E-state index is 0.00687. The van der Waals surface area contributed by atoms with E-state index < -0.39 is 0 Å². The van der Waals surface area contributed by atoms with Crippen molar-refractivity contribution in [2.24, 2.45) is 4.99 Å². The Hall–Kier alpha value is -2.68. The maximum atomic E-state index is 11.4. The molecule has 0 fully saturated rings. The standard InChI is InChI=1S/C17H24N4O2/c1-4-10-20-17(19-6-3)21-12-14-8-7-9-15(11-14)23-13-16(22)18-5-2/h1,7-9,11H,5-6,10,12-13H2,2-3H3,(H,18,22)(H2,19,20,21).